The number of nitrogens with one attached hydrogen (secondary N) is 1. The fourth-order valence-corrected chi connectivity index (χ4v) is 4.12. The lowest BCUT2D eigenvalue weighted by Crippen LogP contribution is -2.14. The van der Waals surface area contributed by atoms with Crippen molar-refractivity contribution < 1.29 is 17.9 Å². The summed E-state index contributed by atoms with van der Waals surface area (Å²) in [5, 5.41) is 1.09. The molecule has 1 N–H and O–H groups in total. The normalized spacial score (nSPS) is 11.4. The van der Waals surface area contributed by atoms with Gasteiger partial charge in [-0.2, -0.15) is 0 Å². The number of anilines is 1. The van der Waals surface area contributed by atoms with Crippen molar-refractivity contribution in [1.29, 1.82) is 0 Å². The van der Waals surface area contributed by atoms with Crippen LogP contribution in [0.1, 0.15) is 11.1 Å². The largest absolute Gasteiger partial charge is 0.473 e. The van der Waals surface area contributed by atoms with E-state index < -0.39 is 10.0 Å². The molecule has 4 rings (SSSR count). The topological polar surface area (TPSA) is 116 Å². The Kier molecular flexibility index (Phi) is 8.24. The van der Waals surface area contributed by atoms with Crippen molar-refractivity contribution >= 4 is 37.8 Å². The number of nitrogens with zero attached hydrogens (tertiary/aromatic N) is 4. The molecule has 36 heavy (non-hydrogen) atoms. The molecule has 0 spiro atoms. The molecule has 0 saturated carbocycles. The standard InChI is InChI=1S/C25H22BrN5O4S/c1-18-7-9-20(10-8-18)22-23(31-36(32,33)14-11-19-5-3-2-4-6-19)29-17-30-24(22)34-12-13-35-25-27-15-21(26)16-28-25/h2-11,14-17H,12-13H2,1H3,(H,29,30,31)/b14-11+. The highest BCUT2D eigenvalue weighted by Gasteiger charge is 2.19. The van der Waals surface area contributed by atoms with Gasteiger partial charge in [0.25, 0.3) is 10.0 Å². The number of aryl methyl sites for hydroxylation is 1. The Hall–Kier alpha value is -3.83. The summed E-state index contributed by atoms with van der Waals surface area (Å²) in [6.07, 6.45) is 5.90. The van der Waals surface area contributed by atoms with Crippen LogP contribution in [0.15, 0.2) is 83.2 Å². The summed E-state index contributed by atoms with van der Waals surface area (Å²) >= 11 is 3.27. The first kappa shape index (κ1) is 25.3. The second-order valence-corrected chi connectivity index (χ2v) is 9.99. The van der Waals surface area contributed by atoms with Crippen LogP contribution in [0.4, 0.5) is 5.82 Å². The molecule has 0 unspecified atom stereocenters. The van der Waals surface area contributed by atoms with Gasteiger partial charge in [-0.3, -0.25) is 4.72 Å². The lowest BCUT2D eigenvalue weighted by Gasteiger charge is -2.15. The van der Waals surface area contributed by atoms with Crippen LogP contribution in [-0.2, 0) is 10.0 Å². The summed E-state index contributed by atoms with van der Waals surface area (Å²) in [5.41, 5.74) is 2.91. The second-order valence-electron chi connectivity index (χ2n) is 7.51. The van der Waals surface area contributed by atoms with Crippen molar-refractivity contribution in [2.45, 2.75) is 6.92 Å². The Labute approximate surface area is 217 Å². The van der Waals surface area contributed by atoms with Gasteiger partial charge in [-0.15, -0.1) is 0 Å². The molecule has 2 aromatic heterocycles. The molecule has 0 saturated heterocycles. The van der Waals surface area contributed by atoms with E-state index in [0.717, 1.165) is 21.0 Å². The van der Waals surface area contributed by atoms with Gasteiger partial charge in [0.2, 0.25) is 5.88 Å². The van der Waals surface area contributed by atoms with Gasteiger partial charge >= 0.3 is 6.01 Å². The van der Waals surface area contributed by atoms with Crippen molar-refractivity contribution in [3.63, 3.8) is 0 Å². The lowest BCUT2D eigenvalue weighted by molar-refractivity contribution is 0.202. The maximum Gasteiger partial charge on any atom is 0.316 e. The minimum Gasteiger partial charge on any atom is -0.473 e. The van der Waals surface area contributed by atoms with Crippen molar-refractivity contribution in [2.24, 2.45) is 0 Å². The third-order valence-corrected chi connectivity index (χ3v) is 6.16. The van der Waals surface area contributed by atoms with Gasteiger partial charge in [0.05, 0.1) is 15.4 Å². The fraction of sp³-hybridized carbons (Fsp3) is 0.120. The number of sulfonamides is 1. The summed E-state index contributed by atoms with van der Waals surface area (Å²) in [6.45, 7) is 2.23. The maximum absolute atomic E-state index is 12.8. The Balaban J connectivity index is 1.56. The molecular weight excluding hydrogens is 546 g/mol. The summed E-state index contributed by atoms with van der Waals surface area (Å²) in [4.78, 5) is 16.5. The third kappa shape index (κ3) is 7.09. The van der Waals surface area contributed by atoms with E-state index >= 15 is 0 Å². The highest BCUT2D eigenvalue weighted by atomic mass is 79.9. The average molecular weight is 568 g/mol. The van der Waals surface area contributed by atoms with Crippen LogP contribution in [0.5, 0.6) is 11.9 Å². The van der Waals surface area contributed by atoms with Crippen LogP contribution in [0, 0.1) is 6.92 Å². The van der Waals surface area contributed by atoms with Crippen LogP contribution in [-0.4, -0.2) is 41.6 Å². The first-order valence-electron chi connectivity index (χ1n) is 10.8. The predicted molar refractivity (Wildman–Crippen MR) is 141 cm³/mol. The molecule has 0 fully saturated rings. The van der Waals surface area contributed by atoms with Crippen molar-refractivity contribution in [2.75, 3.05) is 17.9 Å². The van der Waals surface area contributed by atoms with E-state index in [-0.39, 0.29) is 30.9 Å². The Bertz CT molecular complexity index is 1430. The van der Waals surface area contributed by atoms with Gasteiger partial charge in [0.1, 0.15) is 19.5 Å². The molecule has 4 aromatic rings. The van der Waals surface area contributed by atoms with E-state index in [1.54, 1.807) is 12.4 Å². The molecule has 0 aliphatic carbocycles. The first-order valence-corrected chi connectivity index (χ1v) is 13.1. The highest BCUT2D eigenvalue weighted by molar-refractivity contribution is 9.10. The van der Waals surface area contributed by atoms with E-state index in [1.165, 1.54) is 12.4 Å². The molecule has 0 radical (unpaired) electrons. The zero-order valence-electron chi connectivity index (χ0n) is 19.2. The molecule has 2 heterocycles. The molecule has 0 aliphatic heterocycles. The smallest absolute Gasteiger partial charge is 0.316 e. The average Bonchev–Trinajstić information content (AvgIpc) is 2.88. The molecule has 0 bridgehead atoms. The number of aromatic nitrogens is 4. The quantitative estimate of drug-likeness (QED) is 0.269. The van der Waals surface area contributed by atoms with Crippen molar-refractivity contribution in [3.8, 4) is 23.0 Å². The van der Waals surface area contributed by atoms with Gasteiger partial charge in [0.15, 0.2) is 5.82 Å². The van der Waals surface area contributed by atoms with Crippen LogP contribution >= 0.6 is 15.9 Å². The van der Waals surface area contributed by atoms with Crippen molar-refractivity contribution in [1.82, 2.24) is 19.9 Å². The number of halogens is 1. The first-order chi connectivity index (χ1) is 17.4. The molecule has 0 amide bonds. The second kappa shape index (κ2) is 11.7. The van der Waals surface area contributed by atoms with Gasteiger partial charge < -0.3 is 9.47 Å². The fourth-order valence-electron chi connectivity index (χ4n) is 3.08. The zero-order valence-corrected chi connectivity index (χ0v) is 21.6. The highest BCUT2D eigenvalue weighted by Crippen LogP contribution is 2.34. The molecule has 0 atom stereocenters. The van der Waals surface area contributed by atoms with Crippen LogP contribution < -0.4 is 14.2 Å². The molecule has 0 aliphatic rings. The number of ether oxygens (including phenoxy) is 2. The summed E-state index contributed by atoms with van der Waals surface area (Å²) in [5.74, 6) is 0.303. The molecule has 184 valence electrons. The van der Waals surface area contributed by atoms with Crippen LogP contribution in [0.3, 0.4) is 0 Å². The van der Waals surface area contributed by atoms with Crippen LogP contribution in [0.2, 0.25) is 0 Å². The van der Waals surface area contributed by atoms with Gasteiger partial charge in [-0.05, 0) is 40.1 Å². The Morgan fingerprint density at radius 3 is 2.33 bits per heavy atom. The Morgan fingerprint density at radius 1 is 0.917 bits per heavy atom. The number of benzene rings is 2. The minimum absolute atomic E-state index is 0.0960. The van der Waals surface area contributed by atoms with Crippen LogP contribution in [0.25, 0.3) is 17.2 Å². The number of hydrogen-bond acceptors (Lipinski definition) is 8. The summed E-state index contributed by atoms with van der Waals surface area (Å²) in [7, 11) is -3.87. The minimum atomic E-state index is -3.87. The molecule has 11 heteroatoms. The SMILES string of the molecule is Cc1ccc(-c2c(NS(=O)(=O)/C=C/c3ccccc3)ncnc2OCCOc2ncc(Br)cn2)cc1. The van der Waals surface area contributed by atoms with E-state index in [9.17, 15) is 8.42 Å². The third-order valence-electron chi connectivity index (χ3n) is 4.78. The van der Waals surface area contributed by atoms with Gasteiger partial charge in [-0.25, -0.2) is 28.4 Å². The summed E-state index contributed by atoms with van der Waals surface area (Å²) < 4.78 is 40.3. The number of hydrogen-bond donors (Lipinski definition) is 1. The van der Waals surface area contributed by atoms with Gasteiger partial charge in [-0.1, -0.05) is 60.2 Å². The lowest BCUT2D eigenvalue weighted by atomic mass is 10.1. The van der Waals surface area contributed by atoms with E-state index in [0.29, 0.717) is 11.1 Å². The Morgan fingerprint density at radius 2 is 1.61 bits per heavy atom. The van der Waals surface area contributed by atoms with E-state index in [2.05, 4.69) is 40.6 Å². The molecule has 9 nitrogen and oxygen atoms in total. The van der Waals surface area contributed by atoms with E-state index in [4.69, 9.17) is 9.47 Å². The maximum atomic E-state index is 12.8. The zero-order chi connectivity index (χ0) is 25.4. The molecule has 2 aromatic carbocycles. The van der Waals surface area contributed by atoms with Crippen molar-refractivity contribution in [3.05, 3.63) is 94.3 Å². The summed E-state index contributed by atoms with van der Waals surface area (Å²) in [6, 6.07) is 16.9. The predicted octanol–water partition coefficient (Wildman–Crippen LogP) is 4.87. The number of rotatable bonds is 10. The monoisotopic (exact) mass is 567 g/mol. The molecular formula is C25H22BrN5O4S. The van der Waals surface area contributed by atoms with E-state index in [1.807, 2.05) is 61.5 Å². The van der Waals surface area contributed by atoms with Gasteiger partial charge in [0, 0.05) is 12.4 Å².